The molecule has 1 N–H and O–H groups in total. The number of esters is 1. The van der Waals surface area contributed by atoms with Crippen molar-refractivity contribution >= 4 is 17.6 Å². The molecule has 0 spiro atoms. The van der Waals surface area contributed by atoms with Crippen molar-refractivity contribution in [2.75, 3.05) is 11.9 Å². The fourth-order valence-electron chi connectivity index (χ4n) is 1.53. The largest absolute Gasteiger partial charge is 0.466 e. The SMILES string of the molecule is CCOC(=O)CCCCC(=O)Nc1ccccc1. The summed E-state index contributed by atoms with van der Waals surface area (Å²) >= 11 is 0. The highest BCUT2D eigenvalue weighted by Crippen LogP contribution is 2.07. The van der Waals surface area contributed by atoms with Crippen LogP contribution in [0.3, 0.4) is 0 Å². The summed E-state index contributed by atoms with van der Waals surface area (Å²) in [5, 5.41) is 2.80. The minimum absolute atomic E-state index is 0.0231. The molecule has 0 bridgehead atoms. The molecule has 1 rings (SSSR count). The van der Waals surface area contributed by atoms with Gasteiger partial charge in [0.1, 0.15) is 0 Å². The number of amides is 1. The summed E-state index contributed by atoms with van der Waals surface area (Å²) in [5.41, 5.74) is 0.799. The number of hydrogen-bond acceptors (Lipinski definition) is 3. The van der Waals surface area contributed by atoms with Crippen LogP contribution in [0.2, 0.25) is 0 Å². The topological polar surface area (TPSA) is 55.4 Å². The third kappa shape index (κ3) is 6.03. The Morgan fingerprint density at radius 2 is 1.78 bits per heavy atom. The van der Waals surface area contributed by atoms with Crippen LogP contribution < -0.4 is 5.32 Å². The van der Waals surface area contributed by atoms with Gasteiger partial charge in [-0.3, -0.25) is 9.59 Å². The Hall–Kier alpha value is -1.84. The van der Waals surface area contributed by atoms with Crippen molar-refractivity contribution < 1.29 is 14.3 Å². The summed E-state index contributed by atoms with van der Waals surface area (Å²) in [6.45, 7) is 2.19. The van der Waals surface area contributed by atoms with Crippen molar-refractivity contribution in [1.82, 2.24) is 0 Å². The number of unbranched alkanes of at least 4 members (excludes halogenated alkanes) is 1. The normalized spacial score (nSPS) is 9.83. The minimum Gasteiger partial charge on any atom is -0.466 e. The van der Waals surface area contributed by atoms with Crippen molar-refractivity contribution in [3.8, 4) is 0 Å². The van der Waals surface area contributed by atoms with E-state index < -0.39 is 0 Å². The number of benzene rings is 1. The molecule has 1 amide bonds. The van der Waals surface area contributed by atoms with E-state index in [4.69, 9.17) is 4.74 Å². The van der Waals surface area contributed by atoms with Crippen LogP contribution >= 0.6 is 0 Å². The average Bonchev–Trinajstić information content (AvgIpc) is 2.36. The molecule has 0 aliphatic heterocycles. The zero-order chi connectivity index (χ0) is 13.2. The Morgan fingerprint density at radius 1 is 1.11 bits per heavy atom. The molecular weight excluding hydrogens is 230 g/mol. The van der Waals surface area contributed by atoms with Gasteiger partial charge in [-0.1, -0.05) is 18.2 Å². The molecule has 0 saturated carbocycles. The van der Waals surface area contributed by atoms with Crippen molar-refractivity contribution in [3.63, 3.8) is 0 Å². The van der Waals surface area contributed by atoms with Crippen LogP contribution in [0.15, 0.2) is 30.3 Å². The van der Waals surface area contributed by atoms with E-state index in [1.54, 1.807) is 6.92 Å². The highest BCUT2D eigenvalue weighted by Gasteiger charge is 2.04. The van der Waals surface area contributed by atoms with Crippen LogP contribution in [0.4, 0.5) is 5.69 Å². The summed E-state index contributed by atoms with van der Waals surface area (Å²) in [4.78, 5) is 22.6. The van der Waals surface area contributed by atoms with Gasteiger partial charge in [0.2, 0.25) is 5.91 Å². The molecule has 0 heterocycles. The minimum atomic E-state index is -0.194. The van der Waals surface area contributed by atoms with E-state index in [1.807, 2.05) is 30.3 Å². The third-order valence-corrected chi connectivity index (χ3v) is 2.40. The first kappa shape index (κ1) is 14.2. The first-order valence-electron chi connectivity index (χ1n) is 6.23. The molecule has 4 heteroatoms. The van der Waals surface area contributed by atoms with Gasteiger partial charge < -0.3 is 10.1 Å². The van der Waals surface area contributed by atoms with E-state index in [-0.39, 0.29) is 11.9 Å². The summed E-state index contributed by atoms with van der Waals surface area (Å²) in [6.07, 6.45) is 2.18. The number of para-hydroxylation sites is 1. The van der Waals surface area contributed by atoms with E-state index >= 15 is 0 Å². The smallest absolute Gasteiger partial charge is 0.305 e. The van der Waals surface area contributed by atoms with Gasteiger partial charge in [-0.25, -0.2) is 0 Å². The van der Waals surface area contributed by atoms with Crippen molar-refractivity contribution in [2.45, 2.75) is 32.6 Å². The van der Waals surface area contributed by atoms with Crippen LogP contribution in [-0.4, -0.2) is 18.5 Å². The van der Waals surface area contributed by atoms with Gasteiger partial charge in [-0.2, -0.15) is 0 Å². The number of hydrogen-bond donors (Lipinski definition) is 1. The maximum absolute atomic E-state index is 11.6. The van der Waals surface area contributed by atoms with E-state index in [9.17, 15) is 9.59 Å². The maximum Gasteiger partial charge on any atom is 0.305 e. The lowest BCUT2D eigenvalue weighted by molar-refractivity contribution is -0.143. The van der Waals surface area contributed by atoms with Gasteiger partial charge >= 0.3 is 5.97 Å². The Bertz CT molecular complexity index is 376. The molecule has 0 atom stereocenters. The Morgan fingerprint density at radius 3 is 2.44 bits per heavy atom. The first-order chi connectivity index (χ1) is 8.72. The molecule has 1 aromatic rings. The number of carbonyl (C=O) groups excluding carboxylic acids is 2. The molecule has 0 unspecified atom stereocenters. The molecule has 4 nitrogen and oxygen atoms in total. The monoisotopic (exact) mass is 249 g/mol. The summed E-state index contributed by atoms with van der Waals surface area (Å²) < 4.78 is 4.81. The predicted molar refractivity (Wildman–Crippen MR) is 70.2 cm³/mol. The van der Waals surface area contributed by atoms with Crippen LogP contribution in [0.25, 0.3) is 0 Å². The third-order valence-electron chi connectivity index (χ3n) is 2.40. The Balaban J connectivity index is 2.12. The second kappa shape index (κ2) is 8.28. The van der Waals surface area contributed by atoms with Crippen LogP contribution in [-0.2, 0) is 14.3 Å². The van der Waals surface area contributed by atoms with Gasteiger partial charge in [0, 0.05) is 18.5 Å². The van der Waals surface area contributed by atoms with Gasteiger partial charge in [0.05, 0.1) is 6.61 Å². The highest BCUT2D eigenvalue weighted by atomic mass is 16.5. The lowest BCUT2D eigenvalue weighted by atomic mass is 10.2. The van der Waals surface area contributed by atoms with Gasteiger partial charge in [-0.15, -0.1) is 0 Å². The van der Waals surface area contributed by atoms with Crippen LogP contribution in [0.1, 0.15) is 32.6 Å². The molecule has 0 aromatic heterocycles. The second-order valence-corrected chi connectivity index (χ2v) is 3.93. The van der Waals surface area contributed by atoms with E-state index in [1.165, 1.54) is 0 Å². The Kier molecular flexibility index (Phi) is 6.54. The Labute approximate surface area is 107 Å². The fraction of sp³-hybridized carbons (Fsp3) is 0.429. The van der Waals surface area contributed by atoms with E-state index in [0.29, 0.717) is 32.3 Å². The molecule has 0 saturated heterocycles. The molecule has 0 fully saturated rings. The number of rotatable bonds is 7. The zero-order valence-electron chi connectivity index (χ0n) is 10.6. The molecule has 0 aliphatic carbocycles. The highest BCUT2D eigenvalue weighted by molar-refractivity contribution is 5.90. The lowest BCUT2D eigenvalue weighted by Gasteiger charge is -2.04. The van der Waals surface area contributed by atoms with Crippen molar-refractivity contribution in [3.05, 3.63) is 30.3 Å². The van der Waals surface area contributed by atoms with Gasteiger partial charge in [0.15, 0.2) is 0 Å². The molecule has 1 aromatic carbocycles. The molecule has 0 aliphatic rings. The number of carbonyl (C=O) groups is 2. The quantitative estimate of drug-likeness (QED) is 0.597. The fourth-order valence-corrected chi connectivity index (χ4v) is 1.53. The predicted octanol–water partition coefficient (Wildman–Crippen LogP) is 2.75. The molecule has 98 valence electrons. The number of ether oxygens (including phenoxy) is 1. The average molecular weight is 249 g/mol. The second-order valence-electron chi connectivity index (χ2n) is 3.93. The van der Waals surface area contributed by atoms with Crippen molar-refractivity contribution in [2.24, 2.45) is 0 Å². The molecule has 0 radical (unpaired) electrons. The van der Waals surface area contributed by atoms with Gasteiger partial charge in [0.25, 0.3) is 0 Å². The van der Waals surface area contributed by atoms with Crippen LogP contribution in [0, 0.1) is 0 Å². The number of anilines is 1. The van der Waals surface area contributed by atoms with E-state index in [0.717, 1.165) is 5.69 Å². The summed E-state index contributed by atoms with van der Waals surface area (Å²) in [7, 11) is 0. The molecule has 18 heavy (non-hydrogen) atoms. The molecular formula is C14H19NO3. The van der Waals surface area contributed by atoms with Crippen LogP contribution in [0.5, 0.6) is 0 Å². The first-order valence-corrected chi connectivity index (χ1v) is 6.23. The standard InChI is InChI=1S/C14H19NO3/c1-2-18-14(17)11-7-6-10-13(16)15-12-8-4-3-5-9-12/h3-5,8-9H,2,6-7,10-11H2,1H3,(H,15,16). The number of nitrogens with one attached hydrogen (secondary N) is 1. The summed E-state index contributed by atoms with van der Waals surface area (Å²) in [6, 6.07) is 9.33. The van der Waals surface area contributed by atoms with Gasteiger partial charge in [-0.05, 0) is 31.9 Å². The van der Waals surface area contributed by atoms with E-state index in [2.05, 4.69) is 5.32 Å². The lowest BCUT2D eigenvalue weighted by Crippen LogP contribution is -2.11. The summed E-state index contributed by atoms with van der Waals surface area (Å²) in [5.74, 6) is -0.217. The zero-order valence-corrected chi connectivity index (χ0v) is 10.6. The maximum atomic E-state index is 11.6. The van der Waals surface area contributed by atoms with Crippen molar-refractivity contribution in [1.29, 1.82) is 0 Å².